The SMILES string of the molecule is Cc1nc(CN(C)C(=O)C2(C#N)CC2)n[nH]1. The molecule has 6 heteroatoms. The number of nitrogens with one attached hydrogen (secondary N) is 1. The Hall–Kier alpha value is -1.90. The van der Waals surface area contributed by atoms with Crippen LogP contribution in [-0.4, -0.2) is 33.0 Å². The van der Waals surface area contributed by atoms with Gasteiger partial charge < -0.3 is 4.90 Å². The van der Waals surface area contributed by atoms with Crippen molar-refractivity contribution in [1.29, 1.82) is 5.26 Å². The van der Waals surface area contributed by atoms with Gasteiger partial charge in [0.1, 0.15) is 11.2 Å². The van der Waals surface area contributed by atoms with Crippen LogP contribution in [0, 0.1) is 23.7 Å². The van der Waals surface area contributed by atoms with Gasteiger partial charge >= 0.3 is 0 Å². The molecule has 0 aliphatic heterocycles. The smallest absolute Gasteiger partial charge is 0.243 e. The Morgan fingerprint density at radius 3 is 2.81 bits per heavy atom. The van der Waals surface area contributed by atoms with Crippen molar-refractivity contribution in [3.8, 4) is 6.07 Å². The van der Waals surface area contributed by atoms with Crippen molar-refractivity contribution in [2.45, 2.75) is 26.3 Å². The number of H-pyrrole nitrogens is 1. The monoisotopic (exact) mass is 219 g/mol. The summed E-state index contributed by atoms with van der Waals surface area (Å²) in [5, 5.41) is 15.6. The molecule has 6 nitrogen and oxygen atoms in total. The van der Waals surface area contributed by atoms with Gasteiger partial charge in [-0.05, 0) is 19.8 Å². The van der Waals surface area contributed by atoms with Gasteiger partial charge in [-0.3, -0.25) is 9.89 Å². The number of aromatic nitrogens is 3. The first-order chi connectivity index (χ1) is 7.57. The lowest BCUT2D eigenvalue weighted by Gasteiger charge is -2.17. The molecule has 1 saturated carbocycles. The second kappa shape index (κ2) is 3.59. The van der Waals surface area contributed by atoms with Crippen molar-refractivity contribution < 1.29 is 4.79 Å². The average Bonchev–Trinajstić information content (AvgIpc) is 2.97. The van der Waals surface area contributed by atoms with E-state index in [4.69, 9.17) is 5.26 Å². The van der Waals surface area contributed by atoms with Gasteiger partial charge in [-0.25, -0.2) is 4.98 Å². The summed E-state index contributed by atoms with van der Waals surface area (Å²) in [6, 6.07) is 2.08. The quantitative estimate of drug-likeness (QED) is 0.796. The van der Waals surface area contributed by atoms with E-state index in [0.29, 0.717) is 25.2 Å². The van der Waals surface area contributed by atoms with Gasteiger partial charge in [0.05, 0.1) is 12.6 Å². The summed E-state index contributed by atoms with van der Waals surface area (Å²) in [5.74, 6) is 1.16. The molecule has 1 heterocycles. The van der Waals surface area contributed by atoms with Crippen LogP contribution in [0.1, 0.15) is 24.5 Å². The zero-order valence-electron chi connectivity index (χ0n) is 9.32. The molecule has 84 valence electrons. The Bertz CT molecular complexity index is 454. The van der Waals surface area contributed by atoms with Crippen LogP contribution in [0.2, 0.25) is 0 Å². The van der Waals surface area contributed by atoms with Crippen LogP contribution in [0.3, 0.4) is 0 Å². The lowest BCUT2D eigenvalue weighted by molar-refractivity contribution is -0.134. The predicted molar refractivity (Wildman–Crippen MR) is 54.9 cm³/mol. The van der Waals surface area contributed by atoms with E-state index in [9.17, 15) is 4.79 Å². The fourth-order valence-corrected chi connectivity index (χ4v) is 1.61. The fourth-order valence-electron chi connectivity index (χ4n) is 1.61. The van der Waals surface area contributed by atoms with Gasteiger partial charge in [-0.15, -0.1) is 0 Å². The van der Waals surface area contributed by atoms with Crippen LogP contribution in [0.5, 0.6) is 0 Å². The van der Waals surface area contributed by atoms with Gasteiger partial charge in [0, 0.05) is 7.05 Å². The molecule has 1 aromatic rings. The van der Waals surface area contributed by atoms with Crippen LogP contribution < -0.4 is 0 Å². The molecule has 0 unspecified atom stereocenters. The minimum absolute atomic E-state index is 0.127. The van der Waals surface area contributed by atoms with Crippen LogP contribution in [-0.2, 0) is 11.3 Å². The van der Waals surface area contributed by atoms with Crippen LogP contribution >= 0.6 is 0 Å². The summed E-state index contributed by atoms with van der Waals surface area (Å²) in [4.78, 5) is 17.5. The number of amides is 1. The number of aromatic amines is 1. The maximum Gasteiger partial charge on any atom is 0.243 e. The Morgan fingerprint density at radius 1 is 1.69 bits per heavy atom. The van der Waals surface area contributed by atoms with E-state index in [1.54, 1.807) is 14.0 Å². The second-order valence-corrected chi connectivity index (χ2v) is 4.19. The maximum atomic E-state index is 11.9. The lowest BCUT2D eigenvalue weighted by Crippen LogP contribution is -2.33. The van der Waals surface area contributed by atoms with E-state index in [2.05, 4.69) is 21.3 Å². The Balaban J connectivity index is 2.01. The number of hydrogen-bond donors (Lipinski definition) is 1. The minimum atomic E-state index is -0.764. The third kappa shape index (κ3) is 1.76. The summed E-state index contributed by atoms with van der Waals surface area (Å²) in [5.41, 5.74) is -0.764. The van der Waals surface area contributed by atoms with E-state index in [0.717, 1.165) is 5.82 Å². The summed E-state index contributed by atoms with van der Waals surface area (Å²) < 4.78 is 0. The molecule has 0 bridgehead atoms. The highest BCUT2D eigenvalue weighted by Gasteiger charge is 2.52. The Morgan fingerprint density at radius 2 is 2.38 bits per heavy atom. The molecule has 1 aliphatic carbocycles. The zero-order chi connectivity index (χ0) is 11.8. The third-order valence-electron chi connectivity index (χ3n) is 2.74. The van der Waals surface area contributed by atoms with Gasteiger partial charge in [-0.2, -0.15) is 10.4 Å². The summed E-state index contributed by atoms with van der Waals surface area (Å²) in [6.07, 6.45) is 1.33. The molecule has 2 rings (SSSR count). The van der Waals surface area contributed by atoms with Crippen LogP contribution in [0.25, 0.3) is 0 Å². The molecular weight excluding hydrogens is 206 g/mol. The highest BCUT2D eigenvalue weighted by Crippen LogP contribution is 2.46. The van der Waals surface area contributed by atoms with E-state index in [-0.39, 0.29) is 5.91 Å². The number of rotatable bonds is 3. The van der Waals surface area contributed by atoms with Crippen LogP contribution in [0.4, 0.5) is 0 Å². The topological polar surface area (TPSA) is 85.7 Å². The average molecular weight is 219 g/mol. The summed E-state index contributed by atoms with van der Waals surface area (Å²) in [7, 11) is 1.67. The molecular formula is C10H13N5O. The molecule has 1 aliphatic rings. The molecule has 0 aromatic carbocycles. The molecule has 1 fully saturated rings. The Kier molecular flexibility index (Phi) is 2.38. The Labute approximate surface area is 93.3 Å². The van der Waals surface area contributed by atoms with Crippen molar-refractivity contribution >= 4 is 5.91 Å². The number of nitrogens with zero attached hydrogens (tertiary/aromatic N) is 4. The van der Waals surface area contributed by atoms with Crippen molar-refractivity contribution in [2.24, 2.45) is 5.41 Å². The van der Waals surface area contributed by atoms with Crippen LogP contribution in [0.15, 0.2) is 0 Å². The highest BCUT2D eigenvalue weighted by molar-refractivity contribution is 5.88. The van der Waals surface area contributed by atoms with E-state index < -0.39 is 5.41 Å². The van der Waals surface area contributed by atoms with Crippen molar-refractivity contribution in [3.05, 3.63) is 11.6 Å². The lowest BCUT2D eigenvalue weighted by atomic mass is 10.1. The van der Waals surface area contributed by atoms with E-state index in [1.165, 1.54) is 4.90 Å². The third-order valence-corrected chi connectivity index (χ3v) is 2.74. The molecule has 0 atom stereocenters. The van der Waals surface area contributed by atoms with Crippen molar-refractivity contribution in [1.82, 2.24) is 20.1 Å². The second-order valence-electron chi connectivity index (χ2n) is 4.19. The number of nitriles is 1. The summed E-state index contributed by atoms with van der Waals surface area (Å²) in [6.45, 7) is 2.14. The molecule has 0 saturated heterocycles. The summed E-state index contributed by atoms with van der Waals surface area (Å²) >= 11 is 0. The molecule has 0 radical (unpaired) electrons. The van der Waals surface area contributed by atoms with Gasteiger partial charge in [0.15, 0.2) is 5.82 Å². The van der Waals surface area contributed by atoms with Gasteiger partial charge in [-0.1, -0.05) is 0 Å². The molecule has 1 aromatic heterocycles. The van der Waals surface area contributed by atoms with Gasteiger partial charge in [0.2, 0.25) is 5.91 Å². The van der Waals surface area contributed by atoms with Crippen molar-refractivity contribution in [2.75, 3.05) is 7.05 Å². The van der Waals surface area contributed by atoms with Crippen molar-refractivity contribution in [3.63, 3.8) is 0 Å². The van der Waals surface area contributed by atoms with Gasteiger partial charge in [0.25, 0.3) is 0 Å². The zero-order valence-corrected chi connectivity index (χ0v) is 9.32. The normalized spacial score (nSPS) is 16.6. The minimum Gasteiger partial charge on any atom is -0.337 e. The molecule has 1 amide bonds. The number of hydrogen-bond acceptors (Lipinski definition) is 4. The largest absolute Gasteiger partial charge is 0.337 e. The van der Waals surface area contributed by atoms with E-state index >= 15 is 0 Å². The first kappa shape index (κ1) is 10.6. The number of carbonyl (C=O) groups is 1. The standard InChI is InChI=1S/C10H13N5O/c1-7-12-8(14-13-7)5-15(2)9(16)10(6-11)3-4-10/h3-5H2,1-2H3,(H,12,13,14). The maximum absolute atomic E-state index is 11.9. The first-order valence-corrected chi connectivity index (χ1v) is 5.12. The molecule has 0 spiro atoms. The van der Waals surface area contributed by atoms with E-state index in [1.807, 2.05) is 0 Å². The number of aryl methyl sites for hydroxylation is 1. The molecule has 16 heavy (non-hydrogen) atoms. The first-order valence-electron chi connectivity index (χ1n) is 5.12. The predicted octanol–water partition coefficient (Wildman–Crippen LogP) is 0.375. The fraction of sp³-hybridized carbons (Fsp3) is 0.600. The highest BCUT2D eigenvalue weighted by atomic mass is 16.2. The number of carbonyl (C=O) groups excluding carboxylic acids is 1. The molecule has 1 N–H and O–H groups in total.